The number of piperidine rings is 1. The monoisotopic (exact) mass is 281 g/mol. The van der Waals surface area contributed by atoms with Crippen molar-refractivity contribution in [3.8, 4) is 0 Å². The maximum Gasteiger partial charge on any atom is 0.335 e. The third-order valence-corrected chi connectivity index (χ3v) is 3.71. The number of aliphatic carboxylic acids is 1. The van der Waals surface area contributed by atoms with Crippen molar-refractivity contribution in [1.82, 2.24) is 15.1 Å². The molecule has 1 aliphatic rings. The largest absolute Gasteiger partial charge is 0.479 e. The molecular weight excluding hydrogens is 262 g/mol. The molecule has 1 aromatic heterocycles. The standard InChI is InChI=1S/C13H19N3O4/c1-8(2)9-7-10(15-14-9)11(17)16-5-3-13(20,4-6-16)12(18)19/h7-8,20H,3-6H2,1-2H3,(H,14,15)(H,18,19). The van der Waals surface area contributed by atoms with E-state index in [1.807, 2.05) is 13.8 Å². The predicted octanol–water partition coefficient (Wildman–Crippen LogP) is 0.585. The molecule has 2 heterocycles. The number of aromatic nitrogens is 2. The van der Waals surface area contributed by atoms with Gasteiger partial charge in [-0.2, -0.15) is 5.10 Å². The molecule has 0 atom stereocenters. The molecule has 0 radical (unpaired) electrons. The number of aliphatic hydroxyl groups is 1. The lowest BCUT2D eigenvalue weighted by Gasteiger charge is -2.34. The first-order valence-corrected chi connectivity index (χ1v) is 6.64. The second kappa shape index (κ2) is 5.24. The number of amides is 1. The van der Waals surface area contributed by atoms with Crippen LogP contribution in [0.15, 0.2) is 6.07 Å². The Morgan fingerprint density at radius 1 is 1.40 bits per heavy atom. The number of hydrogen-bond acceptors (Lipinski definition) is 4. The molecule has 2 rings (SSSR count). The van der Waals surface area contributed by atoms with Crippen LogP contribution in [-0.2, 0) is 4.79 Å². The highest BCUT2D eigenvalue weighted by molar-refractivity contribution is 5.92. The summed E-state index contributed by atoms with van der Waals surface area (Å²) in [5.41, 5.74) is -0.507. The highest BCUT2D eigenvalue weighted by Gasteiger charge is 2.40. The van der Waals surface area contributed by atoms with Crippen LogP contribution in [0, 0.1) is 0 Å². The molecule has 0 aromatic carbocycles. The number of carbonyl (C=O) groups excluding carboxylic acids is 1. The first kappa shape index (κ1) is 14.5. The number of carboxylic acids is 1. The van der Waals surface area contributed by atoms with Gasteiger partial charge in [0.2, 0.25) is 0 Å². The number of hydrogen-bond donors (Lipinski definition) is 3. The van der Waals surface area contributed by atoms with Crippen LogP contribution in [0.3, 0.4) is 0 Å². The van der Waals surface area contributed by atoms with E-state index in [0.717, 1.165) is 5.69 Å². The molecule has 110 valence electrons. The topological polar surface area (TPSA) is 107 Å². The molecule has 20 heavy (non-hydrogen) atoms. The van der Waals surface area contributed by atoms with E-state index in [9.17, 15) is 14.7 Å². The summed E-state index contributed by atoms with van der Waals surface area (Å²) < 4.78 is 0. The minimum Gasteiger partial charge on any atom is -0.479 e. The van der Waals surface area contributed by atoms with E-state index >= 15 is 0 Å². The maximum atomic E-state index is 12.2. The lowest BCUT2D eigenvalue weighted by atomic mass is 9.91. The second-order valence-electron chi connectivity index (χ2n) is 5.49. The average molecular weight is 281 g/mol. The normalized spacial score (nSPS) is 18.3. The molecule has 0 bridgehead atoms. The Morgan fingerprint density at radius 3 is 2.45 bits per heavy atom. The van der Waals surface area contributed by atoms with Crippen molar-refractivity contribution in [1.29, 1.82) is 0 Å². The van der Waals surface area contributed by atoms with Crippen LogP contribution in [0.5, 0.6) is 0 Å². The van der Waals surface area contributed by atoms with Gasteiger partial charge in [-0.1, -0.05) is 13.8 Å². The quantitative estimate of drug-likeness (QED) is 0.751. The molecule has 7 heteroatoms. The molecule has 0 saturated carbocycles. The van der Waals surface area contributed by atoms with Gasteiger partial charge in [0.05, 0.1) is 0 Å². The van der Waals surface area contributed by atoms with Gasteiger partial charge in [0.1, 0.15) is 5.69 Å². The first-order chi connectivity index (χ1) is 9.33. The SMILES string of the molecule is CC(C)c1cc(C(=O)N2CCC(O)(C(=O)O)CC2)n[nH]1. The molecule has 0 unspecified atom stereocenters. The Hall–Kier alpha value is -1.89. The lowest BCUT2D eigenvalue weighted by molar-refractivity contribution is -0.162. The van der Waals surface area contributed by atoms with Gasteiger partial charge in [-0.3, -0.25) is 9.89 Å². The fraction of sp³-hybridized carbons (Fsp3) is 0.615. The number of H-pyrrole nitrogens is 1. The summed E-state index contributed by atoms with van der Waals surface area (Å²) in [4.78, 5) is 24.7. The van der Waals surface area contributed by atoms with E-state index in [4.69, 9.17) is 5.11 Å². The Morgan fingerprint density at radius 2 is 2.00 bits per heavy atom. The third kappa shape index (κ3) is 2.67. The number of nitrogens with zero attached hydrogens (tertiary/aromatic N) is 2. The molecule has 0 aliphatic carbocycles. The number of carboxylic acid groups (broad SMARTS) is 1. The predicted molar refractivity (Wildman–Crippen MR) is 70.4 cm³/mol. The zero-order chi connectivity index (χ0) is 14.9. The number of rotatable bonds is 3. The Bertz CT molecular complexity index is 515. The number of likely N-dealkylation sites (tertiary alicyclic amines) is 1. The van der Waals surface area contributed by atoms with Gasteiger partial charge in [0, 0.05) is 31.6 Å². The van der Waals surface area contributed by atoms with E-state index in [0.29, 0.717) is 5.69 Å². The summed E-state index contributed by atoms with van der Waals surface area (Å²) in [6, 6.07) is 1.71. The molecule has 0 spiro atoms. The first-order valence-electron chi connectivity index (χ1n) is 6.64. The Kier molecular flexibility index (Phi) is 3.80. The zero-order valence-corrected chi connectivity index (χ0v) is 11.6. The highest BCUT2D eigenvalue weighted by Crippen LogP contribution is 2.23. The van der Waals surface area contributed by atoms with E-state index in [1.165, 1.54) is 4.90 Å². The van der Waals surface area contributed by atoms with Crippen LogP contribution in [0.1, 0.15) is 48.8 Å². The van der Waals surface area contributed by atoms with Gasteiger partial charge in [-0.15, -0.1) is 0 Å². The van der Waals surface area contributed by atoms with Gasteiger partial charge >= 0.3 is 5.97 Å². The molecule has 1 aromatic rings. The second-order valence-corrected chi connectivity index (χ2v) is 5.49. The highest BCUT2D eigenvalue weighted by atomic mass is 16.4. The van der Waals surface area contributed by atoms with Crippen molar-refractivity contribution in [2.45, 2.75) is 38.2 Å². The van der Waals surface area contributed by atoms with Gasteiger partial charge in [-0.05, 0) is 12.0 Å². The summed E-state index contributed by atoms with van der Waals surface area (Å²) in [6.07, 6.45) is 0.0745. The molecule has 1 amide bonds. The average Bonchev–Trinajstić information content (AvgIpc) is 2.88. The minimum absolute atomic E-state index is 0.0372. The number of aromatic amines is 1. The lowest BCUT2D eigenvalue weighted by Crippen LogP contribution is -2.50. The van der Waals surface area contributed by atoms with Gasteiger partial charge < -0.3 is 15.1 Å². The van der Waals surface area contributed by atoms with Crippen LogP contribution in [-0.4, -0.2) is 55.9 Å². The van der Waals surface area contributed by atoms with Gasteiger partial charge in [-0.25, -0.2) is 4.79 Å². The van der Waals surface area contributed by atoms with Crippen molar-refractivity contribution in [2.24, 2.45) is 0 Å². The van der Waals surface area contributed by atoms with Crippen molar-refractivity contribution >= 4 is 11.9 Å². The summed E-state index contributed by atoms with van der Waals surface area (Å²) in [6.45, 7) is 4.42. The summed E-state index contributed by atoms with van der Waals surface area (Å²) in [7, 11) is 0. The van der Waals surface area contributed by atoms with E-state index in [2.05, 4.69) is 10.2 Å². The van der Waals surface area contributed by atoms with E-state index in [1.54, 1.807) is 6.07 Å². The Labute approximate surface area is 116 Å². The minimum atomic E-state index is -1.72. The van der Waals surface area contributed by atoms with E-state index < -0.39 is 11.6 Å². The van der Waals surface area contributed by atoms with Gasteiger partial charge in [0.25, 0.3) is 5.91 Å². The smallest absolute Gasteiger partial charge is 0.335 e. The number of nitrogens with one attached hydrogen (secondary N) is 1. The van der Waals surface area contributed by atoms with Crippen LogP contribution in [0.4, 0.5) is 0 Å². The Balaban J connectivity index is 2.03. The number of carbonyl (C=O) groups is 2. The van der Waals surface area contributed by atoms with Crippen LogP contribution in [0.25, 0.3) is 0 Å². The third-order valence-electron chi connectivity index (χ3n) is 3.71. The maximum absolute atomic E-state index is 12.2. The van der Waals surface area contributed by atoms with Crippen LogP contribution in [0.2, 0.25) is 0 Å². The summed E-state index contributed by atoms with van der Waals surface area (Å²) in [5.74, 6) is -1.21. The summed E-state index contributed by atoms with van der Waals surface area (Å²) in [5, 5.41) is 25.6. The molecule has 1 fully saturated rings. The van der Waals surface area contributed by atoms with E-state index in [-0.39, 0.29) is 37.8 Å². The fourth-order valence-corrected chi connectivity index (χ4v) is 2.20. The molecule has 1 aliphatic heterocycles. The van der Waals surface area contributed by atoms with Crippen molar-refractivity contribution in [3.63, 3.8) is 0 Å². The molecule has 1 saturated heterocycles. The fourth-order valence-electron chi connectivity index (χ4n) is 2.20. The molecule has 3 N–H and O–H groups in total. The van der Waals surface area contributed by atoms with Crippen LogP contribution < -0.4 is 0 Å². The molecular formula is C13H19N3O4. The summed E-state index contributed by atoms with van der Waals surface area (Å²) >= 11 is 0. The van der Waals surface area contributed by atoms with Gasteiger partial charge in [0.15, 0.2) is 5.60 Å². The molecule has 7 nitrogen and oxygen atoms in total. The van der Waals surface area contributed by atoms with Crippen molar-refractivity contribution in [2.75, 3.05) is 13.1 Å². The zero-order valence-electron chi connectivity index (χ0n) is 11.6. The van der Waals surface area contributed by atoms with Crippen molar-refractivity contribution < 1.29 is 19.8 Å². The van der Waals surface area contributed by atoms with Crippen molar-refractivity contribution in [3.05, 3.63) is 17.5 Å². The van der Waals surface area contributed by atoms with Crippen LogP contribution >= 0.6 is 0 Å².